The highest BCUT2D eigenvalue weighted by molar-refractivity contribution is 5.99. The number of rotatable bonds is 5. The van der Waals surface area contributed by atoms with Crippen LogP contribution in [0.3, 0.4) is 0 Å². The van der Waals surface area contributed by atoms with Crippen LogP contribution < -0.4 is 5.43 Å². The normalized spacial score (nSPS) is 10.8. The Hall–Kier alpha value is -2.17. The Balaban J connectivity index is 2.80. The van der Waals surface area contributed by atoms with Gasteiger partial charge in [0.1, 0.15) is 0 Å². The summed E-state index contributed by atoms with van der Waals surface area (Å²) < 4.78 is 4.87. The molecule has 1 aromatic rings. The van der Waals surface area contributed by atoms with Crippen LogP contribution >= 0.6 is 0 Å². The highest BCUT2D eigenvalue weighted by atomic mass is 16.5. The van der Waals surface area contributed by atoms with Crippen LogP contribution in [0.4, 0.5) is 0 Å². The predicted octanol–water partition coefficient (Wildman–Crippen LogP) is 1.33. The molecule has 0 bridgehead atoms. The number of nitrogens with one attached hydrogen (secondary N) is 1. The topological polar surface area (TPSA) is 67.8 Å². The molecule has 0 unspecified atom stereocenters. The van der Waals surface area contributed by atoms with Crippen molar-refractivity contribution in [2.45, 2.75) is 13.8 Å². The zero-order chi connectivity index (χ0) is 12.7. The molecule has 1 aromatic carbocycles. The monoisotopic (exact) mass is 234 g/mol. The van der Waals surface area contributed by atoms with Gasteiger partial charge in [0.05, 0.1) is 17.9 Å². The van der Waals surface area contributed by atoms with E-state index < -0.39 is 0 Å². The summed E-state index contributed by atoms with van der Waals surface area (Å²) in [7, 11) is 0. The molecule has 1 N–H and O–H groups in total. The molecule has 1 amide bonds. The molecule has 17 heavy (non-hydrogen) atoms. The van der Waals surface area contributed by atoms with Crippen LogP contribution in [0.25, 0.3) is 0 Å². The summed E-state index contributed by atoms with van der Waals surface area (Å²) in [5.74, 6) is -0.348. The highest BCUT2D eigenvalue weighted by Crippen LogP contribution is 2.07. The van der Waals surface area contributed by atoms with E-state index in [1.165, 1.54) is 0 Å². The van der Waals surface area contributed by atoms with E-state index in [0.29, 0.717) is 24.3 Å². The lowest BCUT2D eigenvalue weighted by atomic mass is 10.1. The maximum Gasteiger partial charge on any atom is 0.338 e. The standard InChI is InChI=1S/C12H14N2O3/c1-3-17-12(16)11-6-4-10(5-7-11)9(2)14-13-8-15/h4-8H,3H2,1-2H3,(H,13,15). The van der Waals surface area contributed by atoms with Gasteiger partial charge in [-0.1, -0.05) is 12.1 Å². The van der Waals surface area contributed by atoms with Crippen molar-refractivity contribution in [3.8, 4) is 0 Å². The molecule has 0 aliphatic rings. The van der Waals surface area contributed by atoms with E-state index in [9.17, 15) is 9.59 Å². The third-order valence-corrected chi connectivity index (χ3v) is 2.10. The fourth-order valence-corrected chi connectivity index (χ4v) is 1.25. The average molecular weight is 234 g/mol. The first-order valence-corrected chi connectivity index (χ1v) is 5.20. The van der Waals surface area contributed by atoms with Crippen molar-refractivity contribution in [2.24, 2.45) is 5.10 Å². The Morgan fingerprint density at radius 2 is 1.94 bits per heavy atom. The van der Waals surface area contributed by atoms with Crippen molar-refractivity contribution < 1.29 is 14.3 Å². The Bertz CT molecular complexity index is 424. The van der Waals surface area contributed by atoms with Crippen molar-refractivity contribution in [1.29, 1.82) is 0 Å². The van der Waals surface area contributed by atoms with Crippen molar-refractivity contribution in [1.82, 2.24) is 5.43 Å². The van der Waals surface area contributed by atoms with E-state index in [0.717, 1.165) is 5.56 Å². The fourth-order valence-electron chi connectivity index (χ4n) is 1.25. The molecular weight excluding hydrogens is 220 g/mol. The highest BCUT2D eigenvalue weighted by Gasteiger charge is 2.06. The molecule has 0 heterocycles. The van der Waals surface area contributed by atoms with Crippen molar-refractivity contribution in [3.05, 3.63) is 35.4 Å². The van der Waals surface area contributed by atoms with Gasteiger partial charge in [0.25, 0.3) is 0 Å². The van der Waals surface area contributed by atoms with E-state index in [2.05, 4.69) is 10.5 Å². The second kappa shape index (κ2) is 6.42. The third-order valence-electron chi connectivity index (χ3n) is 2.10. The van der Waals surface area contributed by atoms with Crippen LogP contribution in [0.1, 0.15) is 29.8 Å². The van der Waals surface area contributed by atoms with E-state index in [1.54, 1.807) is 38.1 Å². The summed E-state index contributed by atoms with van der Waals surface area (Å²) >= 11 is 0. The summed E-state index contributed by atoms with van der Waals surface area (Å²) in [6.45, 7) is 3.87. The van der Waals surface area contributed by atoms with Crippen LogP contribution in [0.5, 0.6) is 0 Å². The zero-order valence-corrected chi connectivity index (χ0v) is 9.77. The third kappa shape index (κ3) is 3.71. The van der Waals surface area contributed by atoms with Gasteiger partial charge < -0.3 is 4.74 Å². The molecule has 1 rings (SSSR count). The Morgan fingerprint density at radius 3 is 2.47 bits per heavy atom. The SMILES string of the molecule is CCOC(=O)c1ccc(C(C)=NNC=O)cc1. The van der Waals surface area contributed by atoms with E-state index >= 15 is 0 Å². The molecule has 0 saturated heterocycles. The Labute approximate surface area is 99.5 Å². The smallest absolute Gasteiger partial charge is 0.338 e. The van der Waals surface area contributed by atoms with Crippen molar-refractivity contribution in [3.63, 3.8) is 0 Å². The Kier molecular flexibility index (Phi) is 4.87. The van der Waals surface area contributed by atoms with Gasteiger partial charge in [0, 0.05) is 0 Å². The van der Waals surface area contributed by atoms with Crippen molar-refractivity contribution in [2.75, 3.05) is 6.61 Å². The maximum atomic E-state index is 11.4. The first-order valence-electron chi connectivity index (χ1n) is 5.20. The Morgan fingerprint density at radius 1 is 1.35 bits per heavy atom. The number of carbonyl (C=O) groups is 2. The maximum absolute atomic E-state index is 11.4. The second-order valence-electron chi connectivity index (χ2n) is 3.24. The van der Waals surface area contributed by atoms with Crippen LogP contribution in [-0.2, 0) is 9.53 Å². The minimum absolute atomic E-state index is 0.348. The predicted molar refractivity (Wildman–Crippen MR) is 63.8 cm³/mol. The first-order chi connectivity index (χ1) is 8.19. The lowest BCUT2D eigenvalue weighted by Crippen LogP contribution is -2.08. The van der Waals surface area contributed by atoms with Gasteiger partial charge in [0.15, 0.2) is 0 Å². The molecule has 0 aliphatic heterocycles. The average Bonchev–Trinajstić information content (AvgIpc) is 2.36. The number of ether oxygens (including phenoxy) is 1. The molecule has 0 radical (unpaired) electrons. The molecule has 0 aromatic heterocycles. The van der Waals surface area contributed by atoms with E-state index in [4.69, 9.17) is 4.74 Å². The van der Waals surface area contributed by atoms with Crippen LogP contribution in [0.15, 0.2) is 29.4 Å². The number of esters is 1. The number of hydrogen-bond acceptors (Lipinski definition) is 4. The molecule has 0 fully saturated rings. The summed E-state index contributed by atoms with van der Waals surface area (Å²) in [6.07, 6.45) is 0.497. The fraction of sp³-hybridized carbons (Fsp3) is 0.250. The molecule has 5 heteroatoms. The first kappa shape index (κ1) is 12.9. The number of nitrogens with zero attached hydrogens (tertiary/aromatic N) is 1. The number of amides is 1. The summed E-state index contributed by atoms with van der Waals surface area (Å²) in [4.78, 5) is 21.5. The van der Waals surface area contributed by atoms with Gasteiger partial charge >= 0.3 is 5.97 Å². The number of hydrazone groups is 1. The number of benzene rings is 1. The largest absolute Gasteiger partial charge is 0.462 e. The lowest BCUT2D eigenvalue weighted by Gasteiger charge is -2.03. The number of carbonyl (C=O) groups excluding carboxylic acids is 2. The molecule has 90 valence electrons. The minimum Gasteiger partial charge on any atom is -0.462 e. The second-order valence-corrected chi connectivity index (χ2v) is 3.24. The van der Waals surface area contributed by atoms with E-state index in [1.807, 2.05) is 0 Å². The van der Waals surface area contributed by atoms with Crippen LogP contribution in [0.2, 0.25) is 0 Å². The molecule has 0 saturated carbocycles. The molecule has 0 aliphatic carbocycles. The van der Waals surface area contributed by atoms with Crippen molar-refractivity contribution >= 4 is 18.1 Å². The summed E-state index contributed by atoms with van der Waals surface area (Å²) in [5.41, 5.74) is 4.20. The van der Waals surface area contributed by atoms with Gasteiger partial charge in [0.2, 0.25) is 6.41 Å². The van der Waals surface area contributed by atoms with E-state index in [-0.39, 0.29) is 5.97 Å². The van der Waals surface area contributed by atoms with Crippen LogP contribution in [0, 0.1) is 0 Å². The van der Waals surface area contributed by atoms with Gasteiger partial charge in [-0.25, -0.2) is 10.2 Å². The number of hydrogen-bond donors (Lipinski definition) is 1. The summed E-state index contributed by atoms with van der Waals surface area (Å²) in [5, 5.41) is 3.81. The molecule has 0 spiro atoms. The van der Waals surface area contributed by atoms with Crippen LogP contribution in [-0.4, -0.2) is 24.7 Å². The van der Waals surface area contributed by atoms with Gasteiger partial charge in [-0.05, 0) is 31.5 Å². The summed E-state index contributed by atoms with van der Waals surface area (Å²) in [6, 6.07) is 6.82. The molecular formula is C12H14N2O3. The zero-order valence-electron chi connectivity index (χ0n) is 9.77. The van der Waals surface area contributed by atoms with Gasteiger partial charge in [-0.2, -0.15) is 5.10 Å². The minimum atomic E-state index is -0.348. The quantitative estimate of drug-likeness (QED) is 0.362. The van der Waals surface area contributed by atoms with Gasteiger partial charge in [-0.15, -0.1) is 0 Å². The lowest BCUT2D eigenvalue weighted by molar-refractivity contribution is -0.109. The molecule has 0 atom stereocenters. The van der Waals surface area contributed by atoms with Gasteiger partial charge in [-0.3, -0.25) is 4.79 Å². The molecule has 5 nitrogen and oxygen atoms in total.